The third-order valence-corrected chi connectivity index (χ3v) is 6.52. The first kappa shape index (κ1) is 16.2. The summed E-state index contributed by atoms with van der Waals surface area (Å²) in [5, 5.41) is 3.18. The second-order valence-corrected chi connectivity index (χ2v) is 7.23. The lowest BCUT2D eigenvalue weighted by Gasteiger charge is -2.47. The molecule has 6 heteroatoms. The quantitative estimate of drug-likeness (QED) is 0.845. The van der Waals surface area contributed by atoms with Gasteiger partial charge in [0.1, 0.15) is 0 Å². The maximum atomic E-state index is 12.5. The lowest BCUT2D eigenvalue weighted by molar-refractivity contribution is -0.148. The van der Waals surface area contributed by atoms with Crippen molar-refractivity contribution in [1.29, 1.82) is 0 Å². The maximum Gasteiger partial charge on any atom is 0.311 e. The van der Waals surface area contributed by atoms with Crippen LogP contribution in [0.3, 0.4) is 0 Å². The number of rotatable bonds is 3. The Labute approximate surface area is 146 Å². The fourth-order valence-electron chi connectivity index (χ4n) is 5.62. The standard InChI is InChI=1S/C19H23NO5/c1-23-13-5-4-11-6-9-19-12(17(22)25-3)7-8-18(19,10-14(21)20-19)15(11)16(13)24-2/h4-5,12H,6-10H2,1-3H3,(H,20,21)/t12-,18-,19-/m1/s1. The van der Waals surface area contributed by atoms with E-state index in [4.69, 9.17) is 14.2 Å². The number of hydrogen-bond acceptors (Lipinski definition) is 5. The predicted octanol–water partition coefficient (Wildman–Crippen LogP) is 1.73. The van der Waals surface area contributed by atoms with Crippen LogP contribution in [0.5, 0.6) is 11.5 Å². The molecule has 0 bridgehead atoms. The highest BCUT2D eigenvalue weighted by atomic mass is 16.5. The van der Waals surface area contributed by atoms with Crippen LogP contribution in [-0.2, 0) is 26.2 Å². The Morgan fingerprint density at radius 3 is 2.68 bits per heavy atom. The summed E-state index contributed by atoms with van der Waals surface area (Å²) in [6.45, 7) is 0. The predicted molar refractivity (Wildman–Crippen MR) is 89.8 cm³/mol. The molecule has 1 aromatic rings. The van der Waals surface area contributed by atoms with Gasteiger partial charge in [0.05, 0.1) is 32.8 Å². The number of ether oxygens (including phenoxy) is 3. The van der Waals surface area contributed by atoms with Crippen LogP contribution in [0.25, 0.3) is 0 Å². The van der Waals surface area contributed by atoms with Crippen LogP contribution in [0.4, 0.5) is 0 Å². The molecule has 25 heavy (non-hydrogen) atoms. The first-order valence-corrected chi connectivity index (χ1v) is 8.66. The lowest BCUT2D eigenvalue weighted by Crippen LogP contribution is -2.59. The number of methoxy groups -OCH3 is 3. The van der Waals surface area contributed by atoms with Crippen LogP contribution >= 0.6 is 0 Å². The number of benzene rings is 1. The van der Waals surface area contributed by atoms with Crippen LogP contribution in [0.1, 0.15) is 36.8 Å². The van der Waals surface area contributed by atoms with Crippen molar-refractivity contribution in [2.24, 2.45) is 5.92 Å². The minimum Gasteiger partial charge on any atom is -0.493 e. The van der Waals surface area contributed by atoms with Crippen molar-refractivity contribution >= 4 is 11.9 Å². The summed E-state index contributed by atoms with van der Waals surface area (Å²) in [6, 6.07) is 3.97. The van der Waals surface area contributed by atoms with Gasteiger partial charge in [0.15, 0.2) is 11.5 Å². The van der Waals surface area contributed by atoms with Crippen molar-refractivity contribution in [2.45, 2.75) is 43.1 Å². The number of fused-ring (bicyclic) bond motifs is 1. The molecule has 0 aromatic heterocycles. The number of carbonyl (C=O) groups is 2. The minimum absolute atomic E-state index is 0.00803. The average Bonchev–Trinajstić information content (AvgIpc) is 3.09. The van der Waals surface area contributed by atoms with Gasteiger partial charge in [-0.25, -0.2) is 0 Å². The van der Waals surface area contributed by atoms with Gasteiger partial charge >= 0.3 is 5.97 Å². The molecule has 1 aromatic carbocycles. The lowest BCUT2D eigenvalue weighted by atomic mass is 9.58. The summed E-state index contributed by atoms with van der Waals surface area (Å²) >= 11 is 0. The summed E-state index contributed by atoms with van der Waals surface area (Å²) in [7, 11) is 4.65. The molecule has 1 saturated carbocycles. The second kappa shape index (κ2) is 5.38. The molecule has 1 aliphatic heterocycles. The van der Waals surface area contributed by atoms with E-state index in [1.807, 2.05) is 6.07 Å². The average molecular weight is 345 g/mol. The van der Waals surface area contributed by atoms with Crippen LogP contribution in [0, 0.1) is 5.92 Å². The number of carbonyl (C=O) groups excluding carboxylic acids is 2. The normalized spacial score (nSPS) is 32.3. The first-order valence-electron chi connectivity index (χ1n) is 8.66. The summed E-state index contributed by atoms with van der Waals surface area (Å²) in [4.78, 5) is 25.0. The molecule has 134 valence electrons. The molecule has 3 atom stereocenters. The van der Waals surface area contributed by atoms with E-state index in [0.29, 0.717) is 24.3 Å². The molecule has 0 unspecified atom stereocenters. The number of amides is 1. The minimum atomic E-state index is -0.593. The van der Waals surface area contributed by atoms with E-state index >= 15 is 0 Å². The van der Waals surface area contributed by atoms with E-state index in [2.05, 4.69) is 11.4 Å². The van der Waals surface area contributed by atoms with Crippen molar-refractivity contribution in [3.05, 3.63) is 23.3 Å². The van der Waals surface area contributed by atoms with E-state index in [0.717, 1.165) is 24.8 Å². The molecular weight excluding hydrogens is 322 g/mol. The van der Waals surface area contributed by atoms with Gasteiger partial charge in [0, 0.05) is 17.4 Å². The molecule has 4 rings (SSSR count). The van der Waals surface area contributed by atoms with Crippen molar-refractivity contribution in [2.75, 3.05) is 21.3 Å². The van der Waals surface area contributed by atoms with Crippen molar-refractivity contribution in [1.82, 2.24) is 5.32 Å². The highest BCUT2D eigenvalue weighted by Crippen LogP contribution is 2.64. The van der Waals surface area contributed by atoms with Crippen LogP contribution in [0.15, 0.2) is 12.1 Å². The molecule has 2 aliphatic carbocycles. The molecule has 0 radical (unpaired) electrons. The molecule has 0 spiro atoms. The molecule has 1 N–H and O–H groups in total. The van der Waals surface area contributed by atoms with E-state index in [1.54, 1.807) is 14.2 Å². The topological polar surface area (TPSA) is 73.9 Å². The van der Waals surface area contributed by atoms with Gasteiger partial charge in [0.25, 0.3) is 0 Å². The van der Waals surface area contributed by atoms with Gasteiger partial charge in [-0.15, -0.1) is 0 Å². The zero-order chi connectivity index (χ0) is 17.8. The van der Waals surface area contributed by atoms with Gasteiger partial charge in [-0.05, 0) is 37.3 Å². The highest BCUT2D eigenvalue weighted by Gasteiger charge is 2.70. The number of esters is 1. The van der Waals surface area contributed by atoms with Crippen molar-refractivity contribution < 1.29 is 23.8 Å². The molecule has 6 nitrogen and oxygen atoms in total. The number of hydrogen-bond donors (Lipinski definition) is 1. The molecular formula is C19H23NO5. The van der Waals surface area contributed by atoms with Crippen LogP contribution < -0.4 is 14.8 Å². The summed E-state index contributed by atoms with van der Waals surface area (Å²) < 4.78 is 16.3. The van der Waals surface area contributed by atoms with Crippen molar-refractivity contribution in [3.63, 3.8) is 0 Å². The van der Waals surface area contributed by atoms with Gasteiger partial charge < -0.3 is 19.5 Å². The second-order valence-electron chi connectivity index (χ2n) is 7.23. The third kappa shape index (κ3) is 1.85. The Kier molecular flexibility index (Phi) is 3.49. The zero-order valence-corrected chi connectivity index (χ0v) is 14.8. The fraction of sp³-hybridized carbons (Fsp3) is 0.579. The Balaban J connectivity index is 1.97. The van der Waals surface area contributed by atoms with E-state index in [9.17, 15) is 9.59 Å². The highest BCUT2D eigenvalue weighted by molar-refractivity contribution is 5.88. The fourth-order valence-corrected chi connectivity index (χ4v) is 5.62. The van der Waals surface area contributed by atoms with Gasteiger partial charge in [-0.3, -0.25) is 9.59 Å². The number of nitrogens with one attached hydrogen (secondary N) is 1. The van der Waals surface area contributed by atoms with Gasteiger partial charge in [-0.2, -0.15) is 0 Å². The Morgan fingerprint density at radius 2 is 2.00 bits per heavy atom. The Hall–Kier alpha value is -2.24. The van der Waals surface area contributed by atoms with E-state index in [-0.39, 0.29) is 17.8 Å². The number of aryl methyl sites for hydroxylation is 1. The molecule has 3 aliphatic rings. The van der Waals surface area contributed by atoms with Crippen LogP contribution in [0.2, 0.25) is 0 Å². The van der Waals surface area contributed by atoms with E-state index < -0.39 is 11.0 Å². The molecule has 1 saturated heterocycles. The van der Waals surface area contributed by atoms with E-state index in [1.165, 1.54) is 12.7 Å². The van der Waals surface area contributed by atoms with Gasteiger partial charge in [-0.1, -0.05) is 6.07 Å². The largest absolute Gasteiger partial charge is 0.493 e. The van der Waals surface area contributed by atoms with Crippen LogP contribution in [-0.4, -0.2) is 38.7 Å². The first-order chi connectivity index (χ1) is 12.0. The summed E-state index contributed by atoms with van der Waals surface area (Å²) in [5.41, 5.74) is 1.17. The summed E-state index contributed by atoms with van der Waals surface area (Å²) in [5.74, 6) is 0.770. The molecule has 1 heterocycles. The SMILES string of the molecule is COC(=O)[C@H]1CC[C@]23CC(=O)N[C@]12CCc1ccc(OC)c(OC)c13. The Morgan fingerprint density at radius 1 is 1.20 bits per heavy atom. The van der Waals surface area contributed by atoms with Gasteiger partial charge in [0.2, 0.25) is 5.91 Å². The smallest absolute Gasteiger partial charge is 0.311 e. The molecule has 2 fully saturated rings. The zero-order valence-electron chi connectivity index (χ0n) is 14.8. The monoisotopic (exact) mass is 345 g/mol. The maximum absolute atomic E-state index is 12.5. The summed E-state index contributed by atoms with van der Waals surface area (Å²) in [6.07, 6.45) is 3.35. The third-order valence-electron chi connectivity index (χ3n) is 6.52. The molecule has 1 amide bonds. The Bertz CT molecular complexity index is 760. The van der Waals surface area contributed by atoms with Crippen molar-refractivity contribution in [3.8, 4) is 11.5 Å².